The fourth-order valence-electron chi connectivity index (χ4n) is 4.35. The minimum atomic E-state index is -1.13. The monoisotopic (exact) mass is 509 g/mol. The zero-order chi connectivity index (χ0) is 26.9. The van der Waals surface area contributed by atoms with Crippen molar-refractivity contribution in [3.63, 3.8) is 0 Å². The molecular weight excluding hydrogens is 474 g/mol. The SMILES string of the molecule is CC(C)C[C@H](NC(=O)[C@H](Cc1ccccc1)NC(=O)CN1CNC(=O)[C@@H]1C(O)c1ccccc1)C(N)=O. The van der Waals surface area contributed by atoms with Crippen molar-refractivity contribution >= 4 is 23.6 Å². The molecule has 4 amide bonds. The Morgan fingerprint density at radius 2 is 1.65 bits per heavy atom. The topological polar surface area (TPSA) is 154 Å². The number of carbonyl (C=O) groups is 4. The lowest BCUT2D eigenvalue weighted by Crippen LogP contribution is -2.55. The van der Waals surface area contributed by atoms with Gasteiger partial charge in [-0.3, -0.25) is 24.1 Å². The first-order chi connectivity index (χ1) is 17.7. The Morgan fingerprint density at radius 1 is 1.03 bits per heavy atom. The number of nitrogens with zero attached hydrogens (tertiary/aromatic N) is 1. The number of primary amides is 1. The molecule has 10 nitrogen and oxygen atoms in total. The van der Waals surface area contributed by atoms with Gasteiger partial charge in [-0.05, 0) is 23.5 Å². The molecule has 1 unspecified atom stereocenters. The standard InChI is InChI=1S/C27H35N5O5/c1-17(2)13-20(25(28)35)31-26(36)21(14-18-9-5-3-6-10-18)30-22(33)15-32-16-29-27(37)23(32)24(34)19-11-7-4-8-12-19/h3-12,17,20-21,23-24,34H,13-16H2,1-2H3,(H2,28,35)(H,29,37)(H,30,33)(H,31,36)/t20-,21-,23-,24?/m0/s1. The molecule has 0 bridgehead atoms. The highest BCUT2D eigenvalue weighted by atomic mass is 16.3. The number of hydrogen-bond donors (Lipinski definition) is 5. The largest absolute Gasteiger partial charge is 0.386 e. The fraction of sp³-hybridized carbons (Fsp3) is 0.407. The van der Waals surface area contributed by atoms with Crippen molar-refractivity contribution in [3.05, 3.63) is 71.8 Å². The lowest BCUT2D eigenvalue weighted by Gasteiger charge is -2.27. The van der Waals surface area contributed by atoms with E-state index in [1.807, 2.05) is 44.2 Å². The summed E-state index contributed by atoms with van der Waals surface area (Å²) in [6, 6.07) is 15.1. The number of rotatable bonds is 12. The average molecular weight is 510 g/mol. The van der Waals surface area contributed by atoms with Gasteiger partial charge >= 0.3 is 0 Å². The summed E-state index contributed by atoms with van der Waals surface area (Å²) in [5.74, 6) is -1.95. The van der Waals surface area contributed by atoms with E-state index >= 15 is 0 Å². The summed E-state index contributed by atoms with van der Waals surface area (Å²) in [4.78, 5) is 52.1. The molecule has 0 aromatic heterocycles. The maximum Gasteiger partial charge on any atom is 0.243 e. The first-order valence-electron chi connectivity index (χ1n) is 12.3. The molecule has 4 atom stereocenters. The zero-order valence-corrected chi connectivity index (χ0v) is 21.1. The van der Waals surface area contributed by atoms with Crippen molar-refractivity contribution in [2.45, 2.75) is 50.9 Å². The molecule has 1 aliphatic rings. The van der Waals surface area contributed by atoms with E-state index in [0.717, 1.165) is 5.56 Å². The van der Waals surface area contributed by atoms with E-state index in [9.17, 15) is 24.3 Å². The van der Waals surface area contributed by atoms with Crippen LogP contribution in [0.3, 0.4) is 0 Å². The summed E-state index contributed by atoms with van der Waals surface area (Å²) in [6.45, 7) is 3.68. The van der Waals surface area contributed by atoms with E-state index in [0.29, 0.717) is 12.0 Å². The van der Waals surface area contributed by atoms with E-state index in [4.69, 9.17) is 5.73 Å². The Hall–Kier alpha value is -3.76. The van der Waals surface area contributed by atoms with Crippen LogP contribution in [0.5, 0.6) is 0 Å². The third-order valence-corrected chi connectivity index (χ3v) is 6.21. The minimum Gasteiger partial charge on any atom is -0.386 e. The van der Waals surface area contributed by atoms with E-state index < -0.39 is 42.0 Å². The number of nitrogens with one attached hydrogen (secondary N) is 3. The summed E-state index contributed by atoms with van der Waals surface area (Å²) >= 11 is 0. The number of aliphatic hydroxyl groups is 1. The van der Waals surface area contributed by atoms with E-state index in [1.165, 1.54) is 4.90 Å². The number of amides is 4. The molecular formula is C27H35N5O5. The maximum atomic E-state index is 13.2. The maximum absolute atomic E-state index is 13.2. The summed E-state index contributed by atoms with van der Waals surface area (Å²) < 4.78 is 0. The van der Waals surface area contributed by atoms with Gasteiger partial charge in [0.1, 0.15) is 24.2 Å². The van der Waals surface area contributed by atoms with Crippen LogP contribution in [0.4, 0.5) is 0 Å². The van der Waals surface area contributed by atoms with Crippen LogP contribution in [0.2, 0.25) is 0 Å². The van der Waals surface area contributed by atoms with Crippen LogP contribution >= 0.6 is 0 Å². The van der Waals surface area contributed by atoms with Crippen molar-refractivity contribution in [2.24, 2.45) is 11.7 Å². The van der Waals surface area contributed by atoms with Crippen LogP contribution < -0.4 is 21.7 Å². The molecule has 198 valence electrons. The minimum absolute atomic E-state index is 0.0779. The molecule has 1 fully saturated rings. The predicted octanol–water partition coefficient (Wildman–Crippen LogP) is 0.222. The van der Waals surface area contributed by atoms with Crippen molar-refractivity contribution < 1.29 is 24.3 Å². The van der Waals surface area contributed by atoms with Gasteiger partial charge in [-0.2, -0.15) is 0 Å². The molecule has 1 aliphatic heterocycles. The van der Waals surface area contributed by atoms with Gasteiger partial charge < -0.3 is 26.8 Å². The van der Waals surface area contributed by atoms with Gasteiger partial charge in [0.05, 0.1) is 13.2 Å². The van der Waals surface area contributed by atoms with Gasteiger partial charge in [0.15, 0.2) is 0 Å². The van der Waals surface area contributed by atoms with Crippen LogP contribution in [-0.2, 0) is 25.6 Å². The number of benzene rings is 2. The quantitative estimate of drug-likeness (QED) is 0.276. The molecule has 0 saturated carbocycles. The Kier molecular flexibility index (Phi) is 9.76. The molecule has 3 rings (SSSR count). The van der Waals surface area contributed by atoms with Crippen LogP contribution in [-0.4, -0.2) is 65.0 Å². The molecule has 2 aromatic rings. The molecule has 10 heteroatoms. The molecule has 1 saturated heterocycles. The summed E-state index contributed by atoms with van der Waals surface area (Å²) in [5, 5.41) is 18.9. The second-order valence-electron chi connectivity index (χ2n) is 9.65. The smallest absolute Gasteiger partial charge is 0.243 e. The molecule has 0 spiro atoms. The van der Waals surface area contributed by atoms with Crippen molar-refractivity contribution in [2.75, 3.05) is 13.2 Å². The van der Waals surface area contributed by atoms with Crippen LogP contribution in [0, 0.1) is 5.92 Å². The zero-order valence-electron chi connectivity index (χ0n) is 21.1. The Bertz CT molecular complexity index is 1080. The van der Waals surface area contributed by atoms with Crippen LogP contribution in [0.1, 0.15) is 37.5 Å². The molecule has 37 heavy (non-hydrogen) atoms. The lowest BCUT2D eigenvalue weighted by atomic mass is 10.0. The van der Waals surface area contributed by atoms with E-state index in [-0.39, 0.29) is 31.5 Å². The molecule has 0 aliphatic carbocycles. The van der Waals surface area contributed by atoms with Gasteiger partial charge in [-0.25, -0.2) is 0 Å². The second-order valence-corrected chi connectivity index (χ2v) is 9.65. The van der Waals surface area contributed by atoms with Gasteiger partial charge in [0.25, 0.3) is 0 Å². The Labute approximate surface area is 216 Å². The second kappa shape index (κ2) is 13.0. The number of carbonyl (C=O) groups excluding carboxylic acids is 4. The van der Waals surface area contributed by atoms with Gasteiger partial charge in [-0.1, -0.05) is 74.5 Å². The van der Waals surface area contributed by atoms with Crippen molar-refractivity contribution in [3.8, 4) is 0 Å². The normalized spacial score (nSPS) is 18.1. The van der Waals surface area contributed by atoms with Crippen LogP contribution in [0.25, 0.3) is 0 Å². The van der Waals surface area contributed by atoms with Crippen molar-refractivity contribution in [1.82, 2.24) is 20.9 Å². The first kappa shape index (κ1) is 27.8. The lowest BCUT2D eigenvalue weighted by molar-refractivity contribution is -0.132. The van der Waals surface area contributed by atoms with Gasteiger partial charge in [0, 0.05) is 6.42 Å². The Balaban J connectivity index is 1.72. The molecule has 1 heterocycles. The van der Waals surface area contributed by atoms with Gasteiger partial charge in [0.2, 0.25) is 23.6 Å². The summed E-state index contributed by atoms with van der Waals surface area (Å²) in [7, 11) is 0. The number of aliphatic hydroxyl groups excluding tert-OH is 1. The third-order valence-electron chi connectivity index (χ3n) is 6.21. The molecule has 6 N–H and O–H groups in total. The van der Waals surface area contributed by atoms with E-state index in [1.54, 1.807) is 30.3 Å². The average Bonchev–Trinajstić information content (AvgIpc) is 3.22. The summed E-state index contributed by atoms with van der Waals surface area (Å²) in [6.07, 6.45) is -0.570. The highest BCUT2D eigenvalue weighted by Gasteiger charge is 2.39. The van der Waals surface area contributed by atoms with Crippen molar-refractivity contribution in [1.29, 1.82) is 0 Å². The first-order valence-corrected chi connectivity index (χ1v) is 12.3. The molecule has 0 radical (unpaired) electrons. The van der Waals surface area contributed by atoms with E-state index in [2.05, 4.69) is 16.0 Å². The molecule has 2 aromatic carbocycles. The highest BCUT2D eigenvalue weighted by Crippen LogP contribution is 2.23. The third kappa shape index (κ3) is 7.86. The summed E-state index contributed by atoms with van der Waals surface area (Å²) in [5.41, 5.74) is 6.86. The van der Waals surface area contributed by atoms with Crippen LogP contribution in [0.15, 0.2) is 60.7 Å². The predicted molar refractivity (Wildman–Crippen MR) is 138 cm³/mol. The number of hydrogen-bond acceptors (Lipinski definition) is 6. The van der Waals surface area contributed by atoms with Gasteiger partial charge in [-0.15, -0.1) is 0 Å². The number of nitrogens with two attached hydrogens (primary N) is 1. The fourth-order valence-corrected chi connectivity index (χ4v) is 4.35. The highest BCUT2D eigenvalue weighted by molar-refractivity contribution is 5.92. The Morgan fingerprint density at radius 3 is 2.24 bits per heavy atom.